The highest BCUT2D eigenvalue weighted by Gasteiger charge is 2.05. The Morgan fingerprint density at radius 2 is 2.19 bits per heavy atom. The van der Waals surface area contributed by atoms with Gasteiger partial charge in [0, 0.05) is 19.0 Å². The van der Waals surface area contributed by atoms with Gasteiger partial charge in [0.2, 0.25) is 0 Å². The third-order valence-corrected chi connectivity index (χ3v) is 2.38. The van der Waals surface area contributed by atoms with Crippen LogP contribution >= 0.6 is 11.6 Å². The highest BCUT2D eigenvalue weighted by Crippen LogP contribution is 2.18. The van der Waals surface area contributed by atoms with Crippen molar-refractivity contribution in [2.75, 3.05) is 26.1 Å². The number of ether oxygens (including phenoxy) is 1. The van der Waals surface area contributed by atoms with Crippen molar-refractivity contribution < 1.29 is 9.13 Å². The Labute approximate surface area is 101 Å². The van der Waals surface area contributed by atoms with E-state index in [9.17, 15) is 4.39 Å². The minimum absolute atomic E-state index is 0.307. The van der Waals surface area contributed by atoms with E-state index in [1.165, 1.54) is 6.07 Å². The van der Waals surface area contributed by atoms with E-state index < -0.39 is 0 Å². The van der Waals surface area contributed by atoms with Crippen LogP contribution in [0.25, 0.3) is 0 Å². The van der Waals surface area contributed by atoms with Crippen molar-refractivity contribution in [1.82, 2.24) is 4.90 Å². The lowest BCUT2D eigenvalue weighted by atomic mass is 10.2. The van der Waals surface area contributed by atoms with Crippen molar-refractivity contribution in [2.45, 2.75) is 13.5 Å². The Hall–Kier alpha value is -0.800. The maximum absolute atomic E-state index is 13.5. The zero-order valence-corrected chi connectivity index (χ0v) is 10.4. The zero-order valence-electron chi connectivity index (χ0n) is 9.67. The molecule has 90 valence electrons. The predicted octanol–water partition coefficient (Wildman–Crippen LogP) is 2.90. The van der Waals surface area contributed by atoms with E-state index in [1.54, 1.807) is 6.07 Å². The first-order chi connectivity index (χ1) is 7.67. The van der Waals surface area contributed by atoms with Crippen LogP contribution in [0.15, 0.2) is 18.2 Å². The van der Waals surface area contributed by atoms with Gasteiger partial charge in [-0.1, -0.05) is 6.07 Å². The molecule has 0 atom stereocenters. The minimum atomic E-state index is -0.307. The second-order valence-corrected chi connectivity index (χ2v) is 4.00. The SMILES string of the molecule is CCOc1ccc(CN(C)CCCl)cc1F. The summed E-state index contributed by atoms with van der Waals surface area (Å²) < 4.78 is 18.6. The van der Waals surface area contributed by atoms with Crippen LogP contribution in [-0.4, -0.2) is 31.0 Å². The van der Waals surface area contributed by atoms with Gasteiger partial charge in [0.15, 0.2) is 11.6 Å². The molecule has 0 heterocycles. The molecule has 0 saturated carbocycles. The molecule has 0 N–H and O–H groups in total. The van der Waals surface area contributed by atoms with E-state index in [0.29, 0.717) is 24.8 Å². The summed E-state index contributed by atoms with van der Waals surface area (Å²) in [5, 5.41) is 0. The number of hydrogen-bond acceptors (Lipinski definition) is 2. The molecule has 1 aromatic carbocycles. The van der Waals surface area contributed by atoms with Gasteiger partial charge < -0.3 is 9.64 Å². The van der Waals surface area contributed by atoms with Gasteiger partial charge in [0.1, 0.15) is 0 Å². The monoisotopic (exact) mass is 245 g/mol. The van der Waals surface area contributed by atoms with E-state index in [1.807, 2.05) is 24.9 Å². The van der Waals surface area contributed by atoms with Gasteiger partial charge in [0.05, 0.1) is 6.61 Å². The molecule has 0 amide bonds. The van der Waals surface area contributed by atoms with Crippen LogP contribution in [0.4, 0.5) is 4.39 Å². The summed E-state index contributed by atoms with van der Waals surface area (Å²) in [6.07, 6.45) is 0. The van der Waals surface area contributed by atoms with Crippen LogP contribution in [0.3, 0.4) is 0 Å². The van der Waals surface area contributed by atoms with Gasteiger partial charge in [0.25, 0.3) is 0 Å². The van der Waals surface area contributed by atoms with Gasteiger partial charge in [-0.2, -0.15) is 0 Å². The summed E-state index contributed by atoms with van der Waals surface area (Å²) in [5.74, 6) is 0.584. The molecule has 0 spiro atoms. The quantitative estimate of drug-likeness (QED) is 0.715. The Morgan fingerprint density at radius 3 is 2.75 bits per heavy atom. The second-order valence-electron chi connectivity index (χ2n) is 3.62. The molecule has 1 aromatic rings. The molecule has 0 aromatic heterocycles. The van der Waals surface area contributed by atoms with Gasteiger partial charge in [-0.15, -0.1) is 11.6 Å². The third kappa shape index (κ3) is 3.99. The van der Waals surface area contributed by atoms with Crippen LogP contribution in [-0.2, 0) is 6.54 Å². The van der Waals surface area contributed by atoms with E-state index in [2.05, 4.69) is 0 Å². The molecule has 2 nitrogen and oxygen atoms in total. The summed E-state index contributed by atoms with van der Waals surface area (Å²) in [6, 6.07) is 5.05. The van der Waals surface area contributed by atoms with Crippen molar-refractivity contribution in [3.05, 3.63) is 29.6 Å². The smallest absolute Gasteiger partial charge is 0.165 e. The van der Waals surface area contributed by atoms with Crippen LogP contribution < -0.4 is 4.74 Å². The summed E-state index contributed by atoms with van der Waals surface area (Å²) in [4.78, 5) is 2.04. The fourth-order valence-corrected chi connectivity index (χ4v) is 1.74. The lowest BCUT2D eigenvalue weighted by molar-refractivity contribution is 0.319. The predicted molar refractivity (Wildman–Crippen MR) is 64.6 cm³/mol. The highest BCUT2D eigenvalue weighted by atomic mass is 35.5. The first-order valence-corrected chi connectivity index (χ1v) is 5.86. The molecule has 0 aliphatic rings. The van der Waals surface area contributed by atoms with Crippen LogP contribution in [0, 0.1) is 5.82 Å². The standard InChI is InChI=1S/C12H17ClFNO/c1-3-16-12-5-4-10(8-11(12)14)9-15(2)7-6-13/h4-5,8H,3,6-7,9H2,1-2H3. The lowest BCUT2D eigenvalue weighted by Crippen LogP contribution is -2.20. The minimum Gasteiger partial charge on any atom is -0.491 e. The van der Waals surface area contributed by atoms with Gasteiger partial charge >= 0.3 is 0 Å². The molecule has 0 aliphatic heterocycles. The Bertz CT molecular complexity index is 333. The molecule has 0 radical (unpaired) electrons. The zero-order chi connectivity index (χ0) is 12.0. The molecule has 16 heavy (non-hydrogen) atoms. The molecule has 0 unspecified atom stereocenters. The largest absolute Gasteiger partial charge is 0.491 e. The summed E-state index contributed by atoms with van der Waals surface area (Å²) in [6.45, 7) is 3.79. The van der Waals surface area contributed by atoms with E-state index >= 15 is 0 Å². The maximum Gasteiger partial charge on any atom is 0.165 e. The number of halogens is 2. The summed E-state index contributed by atoms with van der Waals surface area (Å²) >= 11 is 5.62. The number of alkyl halides is 1. The molecule has 0 fully saturated rings. The van der Waals surface area contributed by atoms with Gasteiger partial charge in [-0.05, 0) is 31.7 Å². The number of hydrogen-bond donors (Lipinski definition) is 0. The fraction of sp³-hybridized carbons (Fsp3) is 0.500. The lowest BCUT2D eigenvalue weighted by Gasteiger charge is -2.15. The second kappa shape index (κ2) is 6.71. The first kappa shape index (κ1) is 13.3. The Balaban J connectivity index is 2.65. The maximum atomic E-state index is 13.5. The highest BCUT2D eigenvalue weighted by molar-refractivity contribution is 6.18. The van der Waals surface area contributed by atoms with Crippen molar-refractivity contribution in [3.8, 4) is 5.75 Å². The van der Waals surface area contributed by atoms with Crippen molar-refractivity contribution in [2.24, 2.45) is 0 Å². The Morgan fingerprint density at radius 1 is 1.44 bits per heavy atom. The van der Waals surface area contributed by atoms with Crippen LogP contribution in [0.1, 0.15) is 12.5 Å². The summed E-state index contributed by atoms with van der Waals surface area (Å²) in [5.41, 5.74) is 0.925. The number of nitrogens with zero attached hydrogens (tertiary/aromatic N) is 1. The number of rotatable bonds is 6. The van der Waals surface area contributed by atoms with Crippen LogP contribution in [0.5, 0.6) is 5.75 Å². The molecule has 0 saturated heterocycles. The normalized spacial score (nSPS) is 10.8. The first-order valence-electron chi connectivity index (χ1n) is 5.33. The fourth-order valence-electron chi connectivity index (χ4n) is 1.45. The Kier molecular flexibility index (Phi) is 5.56. The van der Waals surface area contributed by atoms with E-state index in [4.69, 9.17) is 16.3 Å². The molecule has 1 rings (SSSR count). The van der Waals surface area contributed by atoms with Crippen molar-refractivity contribution in [1.29, 1.82) is 0 Å². The van der Waals surface area contributed by atoms with Crippen molar-refractivity contribution in [3.63, 3.8) is 0 Å². The molecule has 0 aliphatic carbocycles. The van der Waals surface area contributed by atoms with Gasteiger partial charge in [-0.3, -0.25) is 0 Å². The average Bonchev–Trinajstić information content (AvgIpc) is 2.22. The van der Waals surface area contributed by atoms with Gasteiger partial charge in [-0.25, -0.2) is 4.39 Å². The molecule has 0 bridgehead atoms. The molecular formula is C12H17ClFNO. The molecule has 4 heteroatoms. The average molecular weight is 246 g/mol. The van der Waals surface area contributed by atoms with Crippen LogP contribution in [0.2, 0.25) is 0 Å². The topological polar surface area (TPSA) is 12.5 Å². The van der Waals surface area contributed by atoms with Crippen molar-refractivity contribution >= 4 is 11.6 Å². The summed E-state index contributed by atoms with van der Waals surface area (Å²) in [7, 11) is 1.96. The van der Waals surface area contributed by atoms with E-state index in [0.717, 1.165) is 12.1 Å². The molecular weight excluding hydrogens is 229 g/mol. The third-order valence-electron chi connectivity index (χ3n) is 2.21. The number of benzene rings is 1. The van der Waals surface area contributed by atoms with E-state index in [-0.39, 0.29) is 5.82 Å².